The van der Waals surface area contributed by atoms with Gasteiger partial charge >= 0.3 is 6.36 Å². The van der Waals surface area contributed by atoms with Crippen molar-refractivity contribution in [3.8, 4) is 22.7 Å². The fraction of sp³-hybridized carbons (Fsp3) is 0.286. The van der Waals surface area contributed by atoms with Crippen molar-refractivity contribution in [1.82, 2.24) is 14.9 Å². The second kappa shape index (κ2) is 9.00. The minimum absolute atomic E-state index is 0.0802. The smallest absolute Gasteiger partial charge is 0.406 e. The molecule has 2 heterocycles. The van der Waals surface area contributed by atoms with Crippen LogP contribution < -0.4 is 10.1 Å². The van der Waals surface area contributed by atoms with Crippen molar-refractivity contribution in [2.75, 3.05) is 0 Å². The molecule has 0 aliphatic heterocycles. The molecular formula is C28H28F3N3O2. The third kappa shape index (κ3) is 5.37. The number of hydrogen-bond acceptors (Lipinski definition) is 3. The minimum atomic E-state index is -4.75. The van der Waals surface area contributed by atoms with Gasteiger partial charge in [-0.1, -0.05) is 6.07 Å². The lowest BCUT2D eigenvalue weighted by Gasteiger charge is -2.30. The van der Waals surface area contributed by atoms with E-state index in [1.165, 1.54) is 12.1 Å². The molecule has 0 bridgehead atoms. The van der Waals surface area contributed by atoms with Crippen LogP contribution >= 0.6 is 0 Å². The molecule has 0 unspecified atom stereocenters. The summed E-state index contributed by atoms with van der Waals surface area (Å²) in [7, 11) is 0. The Morgan fingerprint density at radius 1 is 0.889 bits per heavy atom. The molecule has 5 nitrogen and oxygen atoms in total. The van der Waals surface area contributed by atoms with E-state index in [9.17, 15) is 18.0 Å². The van der Waals surface area contributed by atoms with Crippen molar-refractivity contribution in [2.45, 2.75) is 51.9 Å². The standard InChI is InChI=1S/C28H28F3N3O2/c1-26(2,3)33-25(35)27(4,5)20-8-11-23-19(16-20)17-24(34(23)21-12-14-32-15-13-21)18-6-9-22(10-7-18)36-28(29,30)31/h6-17H,1-5H3,(H,33,35). The molecule has 1 N–H and O–H groups in total. The number of aromatic nitrogens is 2. The van der Waals surface area contributed by atoms with Crippen molar-refractivity contribution >= 4 is 16.8 Å². The lowest BCUT2D eigenvalue weighted by molar-refractivity contribution is -0.274. The Balaban J connectivity index is 1.82. The lowest BCUT2D eigenvalue weighted by Crippen LogP contribution is -2.48. The normalized spacial score (nSPS) is 12.6. The van der Waals surface area contributed by atoms with Crippen molar-refractivity contribution < 1.29 is 22.7 Å². The van der Waals surface area contributed by atoms with Crippen LogP contribution in [0, 0.1) is 0 Å². The van der Waals surface area contributed by atoms with Crippen molar-refractivity contribution in [1.29, 1.82) is 0 Å². The molecule has 8 heteroatoms. The SMILES string of the molecule is CC(C)(C)NC(=O)C(C)(C)c1ccc2c(c1)cc(-c1ccc(OC(F)(F)F)cc1)n2-c1ccncc1. The first-order valence-corrected chi connectivity index (χ1v) is 11.5. The summed E-state index contributed by atoms with van der Waals surface area (Å²) in [5.74, 6) is -0.366. The van der Waals surface area contributed by atoms with E-state index in [0.717, 1.165) is 27.8 Å². The molecule has 0 atom stereocenters. The summed E-state index contributed by atoms with van der Waals surface area (Å²) in [5.41, 5.74) is 2.94. The van der Waals surface area contributed by atoms with Gasteiger partial charge in [0.1, 0.15) is 5.75 Å². The maximum atomic E-state index is 13.0. The lowest BCUT2D eigenvalue weighted by atomic mass is 9.82. The Kier molecular flexibility index (Phi) is 6.32. The van der Waals surface area contributed by atoms with Crippen molar-refractivity contribution in [3.05, 3.63) is 78.6 Å². The van der Waals surface area contributed by atoms with Gasteiger partial charge in [0.25, 0.3) is 0 Å². The number of amides is 1. The van der Waals surface area contributed by atoms with Crippen LogP contribution in [-0.4, -0.2) is 27.4 Å². The number of ether oxygens (including phenoxy) is 1. The van der Waals surface area contributed by atoms with Gasteiger partial charge in [-0.3, -0.25) is 9.78 Å². The Morgan fingerprint density at radius 3 is 2.11 bits per heavy atom. The molecule has 4 rings (SSSR count). The van der Waals surface area contributed by atoms with Gasteiger partial charge in [-0.25, -0.2) is 0 Å². The summed E-state index contributed by atoms with van der Waals surface area (Å²) in [5, 5.41) is 3.95. The Bertz CT molecular complexity index is 1380. The van der Waals surface area contributed by atoms with Crippen LogP contribution in [0.2, 0.25) is 0 Å². The molecule has 0 saturated heterocycles. The molecule has 2 aromatic heterocycles. The second-order valence-corrected chi connectivity index (χ2v) is 10.2. The minimum Gasteiger partial charge on any atom is -0.406 e. The maximum Gasteiger partial charge on any atom is 0.573 e. The highest BCUT2D eigenvalue weighted by Gasteiger charge is 2.33. The van der Waals surface area contributed by atoms with Gasteiger partial charge in [0.05, 0.1) is 16.6 Å². The fourth-order valence-corrected chi connectivity index (χ4v) is 4.04. The zero-order valence-corrected chi connectivity index (χ0v) is 20.8. The molecule has 0 aliphatic carbocycles. The van der Waals surface area contributed by atoms with Crippen LogP contribution in [0.3, 0.4) is 0 Å². The molecule has 0 fully saturated rings. The number of alkyl halides is 3. The largest absolute Gasteiger partial charge is 0.573 e. The highest BCUT2D eigenvalue weighted by Crippen LogP contribution is 2.35. The molecule has 0 radical (unpaired) electrons. The number of nitrogens with zero attached hydrogens (tertiary/aromatic N) is 2. The predicted molar refractivity (Wildman–Crippen MR) is 134 cm³/mol. The number of nitrogens with one attached hydrogen (secondary N) is 1. The van der Waals surface area contributed by atoms with Gasteiger partial charge in [0.15, 0.2) is 0 Å². The van der Waals surface area contributed by atoms with Gasteiger partial charge in [-0.05, 0) is 100 Å². The first kappa shape index (κ1) is 25.3. The first-order valence-electron chi connectivity index (χ1n) is 11.5. The molecule has 1 amide bonds. The van der Waals surface area contributed by atoms with Gasteiger partial charge in [0.2, 0.25) is 5.91 Å². The average Bonchev–Trinajstić information content (AvgIpc) is 3.16. The van der Waals surface area contributed by atoms with E-state index in [0.29, 0.717) is 5.56 Å². The highest BCUT2D eigenvalue weighted by atomic mass is 19.4. The zero-order chi connectivity index (χ0) is 26.3. The first-order chi connectivity index (χ1) is 16.7. The number of hydrogen-bond donors (Lipinski definition) is 1. The summed E-state index contributed by atoms with van der Waals surface area (Å²) < 4.78 is 43.9. The van der Waals surface area contributed by atoms with E-state index in [4.69, 9.17) is 0 Å². The van der Waals surface area contributed by atoms with Crippen LogP contribution in [-0.2, 0) is 10.2 Å². The molecule has 4 aromatic rings. The number of benzene rings is 2. The van der Waals surface area contributed by atoms with Crippen LogP contribution in [0.4, 0.5) is 13.2 Å². The number of carbonyl (C=O) groups is 1. The van der Waals surface area contributed by atoms with Gasteiger partial charge in [-0.15, -0.1) is 13.2 Å². The van der Waals surface area contributed by atoms with Crippen LogP contribution in [0.15, 0.2) is 73.1 Å². The maximum absolute atomic E-state index is 13.0. The zero-order valence-electron chi connectivity index (χ0n) is 20.8. The average molecular weight is 496 g/mol. The van der Waals surface area contributed by atoms with E-state index < -0.39 is 11.8 Å². The number of pyridine rings is 1. The van der Waals surface area contributed by atoms with Crippen molar-refractivity contribution in [2.24, 2.45) is 0 Å². The number of fused-ring (bicyclic) bond motifs is 1. The monoisotopic (exact) mass is 495 g/mol. The van der Waals surface area contributed by atoms with Gasteiger partial charge in [0, 0.05) is 29.0 Å². The molecule has 0 spiro atoms. The molecule has 2 aromatic carbocycles. The summed E-state index contributed by atoms with van der Waals surface area (Å²) >= 11 is 0. The van der Waals surface area contributed by atoms with Crippen LogP contribution in [0.1, 0.15) is 40.2 Å². The molecule has 0 saturated carbocycles. The topological polar surface area (TPSA) is 56.1 Å². The third-order valence-electron chi connectivity index (χ3n) is 5.88. The van der Waals surface area contributed by atoms with E-state index in [1.807, 2.05) is 75.6 Å². The van der Waals surface area contributed by atoms with Crippen LogP contribution in [0.5, 0.6) is 5.75 Å². The van der Waals surface area contributed by atoms with Gasteiger partial charge < -0.3 is 14.6 Å². The van der Waals surface area contributed by atoms with E-state index in [1.54, 1.807) is 24.5 Å². The molecule has 36 heavy (non-hydrogen) atoms. The molecule has 188 valence electrons. The van der Waals surface area contributed by atoms with Gasteiger partial charge in [-0.2, -0.15) is 0 Å². The van der Waals surface area contributed by atoms with E-state index >= 15 is 0 Å². The van der Waals surface area contributed by atoms with Crippen molar-refractivity contribution in [3.63, 3.8) is 0 Å². The molecule has 0 aliphatic rings. The van der Waals surface area contributed by atoms with E-state index in [2.05, 4.69) is 15.0 Å². The number of halogens is 3. The Morgan fingerprint density at radius 2 is 1.53 bits per heavy atom. The second-order valence-electron chi connectivity index (χ2n) is 10.2. The summed E-state index contributed by atoms with van der Waals surface area (Å²) in [6.07, 6.45) is -1.39. The number of carbonyl (C=O) groups excluding carboxylic acids is 1. The fourth-order valence-electron chi connectivity index (χ4n) is 4.04. The Labute approximate surface area is 207 Å². The molecular weight excluding hydrogens is 467 g/mol. The van der Waals surface area contributed by atoms with Crippen LogP contribution in [0.25, 0.3) is 27.8 Å². The quantitative estimate of drug-likeness (QED) is 0.332. The van der Waals surface area contributed by atoms with E-state index in [-0.39, 0.29) is 17.2 Å². The number of rotatable bonds is 5. The third-order valence-corrected chi connectivity index (χ3v) is 5.88. The predicted octanol–water partition coefficient (Wildman–Crippen LogP) is 6.78. The highest BCUT2D eigenvalue weighted by molar-refractivity contribution is 5.93. The summed E-state index contributed by atoms with van der Waals surface area (Å²) in [6.45, 7) is 9.59. The Hall–Kier alpha value is -3.81. The summed E-state index contributed by atoms with van der Waals surface area (Å²) in [6, 6.07) is 17.3. The summed E-state index contributed by atoms with van der Waals surface area (Å²) in [4.78, 5) is 17.1.